The summed E-state index contributed by atoms with van der Waals surface area (Å²) in [5, 5.41) is 11.3. The van der Waals surface area contributed by atoms with Gasteiger partial charge in [-0.15, -0.1) is 0 Å². The molecule has 1 heterocycles. The molecule has 0 saturated heterocycles. The maximum absolute atomic E-state index is 13.1. The fraction of sp³-hybridized carbons (Fsp3) is 0.108. The minimum atomic E-state index is -0.727. The van der Waals surface area contributed by atoms with Crippen molar-refractivity contribution in [2.24, 2.45) is 5.10 Å². The highest BCUT2D eigenvalue weighted by Crippen LogP contribution is 2.34. The van der Waals surface area contributed by atoms with Gasteiger partial charge in [-0.05, 0) is 81.2 Å². The topological polar surface area (TPSA) is 77.7 Å². The molecule has 0 aliphatic rings. The highest BCUT2D eigenvalue weighted by Gasteiger charge is 2.20. The largest absolute Gasteiger partial charge is 0.489 e. The number of fused-ring (bicyclic) bond motifs is 1. The molecule has 6 aromatic rings. The van der Waals surface area contributed by atoms with E-state index in [1.165, 1.54) is 0 Å². The molecule has 8 heteroatoms. The molecule has 5 aromatic carbocycles. The Bertz CT molecular complexity index is 1920. The number of amides is 1. The van der Waals surface area contributed by atoms with Crippen LogP contribution in [-0.2, 0) is 11.4 Å². The number of nitrogens with one attached hydrogen (secondary N) is 1. The van der Waals surface area contributed by atoms with E-state index in [1.807, 2.05) is 134 Å². The zero-order valence-electron chi connectivity index (χ0n) is 24.6. The maximum atomic E-state index is 13.1. The van der Waals surface area contributed by atoms with Gasteiger partial charge < -0.3 is 9.47 Å². The Labute approximate surface area is 270 Å². The third-order valence-corrected chi connectivity index (χ3v) is 8.10. The van der Waals surface area contributed by atoms with E-state index in [1.54, 1.807) is 10.9 Å². The highest BCUT2D eigenvalue weighted by atomic mass is 79.9. The number of hydrazone groups is 1. The predicted octanol–water partition coefficient (Wildman–Crippen LogP) is 8.34. The van der Waals surface area contributed by atoms with Crippen LogP contribution in [0.3, 0.4) is 0 Å². The summed E-state index contributed by atoms with van der Waals surface area (Å²) in [4.78, 5) is 13.1. The van der Waals surface area contributed by atoms with Crippen molar-refractivity contribution >= 4 is 38.8 Å². The number of hydrogen-bond donors (Lipinski definition) is 1. The lowest BCUT2D eigenvalue weighted by molar-refractivity contribution is -0.128. The van der Waals surface area contributed by atoms with Crippen molar-refractivity contribution in [1.82, 2.24) is 15.2 Å². The second-order valence-corrected chi connectivity index (χ2v) is 11.2. The smallest absolute Gasteiger partial charge is 0.281 e. The Balaban J connectivity index is 1.19. The molecule has 1 unspecified atom stereocenters. The van der Waals surface area contributed by atoms with Crippen LogP contribution in [0.1, 0.15) is 24.5 Å². The van der Waals surface area contributed by atoms with Crippen LogP contribution < -0.4 is 14.9 Å². The van der Waals surface area contributed by atoms with Crippen LogP contribution in [0.15, 0.2) is 137 Å². The number of rotatable bonds is 11. The number of ether oxygens (including phenoxy) is 2. The van der Waals surface area contributed by atoms with E-state index in [2.05, 4.69) is 26.5 Å². The third-order valence-electron chi connectivity index (χ3n) is 7.28. The summed E-state index contributed by atoms with van der Waals surface area (Å²) in [6.07, 6.45) is 3.24. The first-order valence-corrected chi connectivity index (χ1v) is 15.5. The molecule has 0 saturated carbocycles. The molecule has 224 valence electrons. The standard InChI is InChI=1S/C37H31BrN4O3/c1-2-33(45-34-22-19-27-13-9-10-16-32(27)35(34)38)37(43)40-39-23-29-24-42(30-14-7-4-8-15-30)41-36(29)28-17-20-31(21-18-28)44-25-26-11-5-3-6-12-26/h3-24,33H,2,25H2,1H3,(H,40,43). The van der Waals surface area contributed by atoms with Crippen LogP contribution >= 0.6 is 15.9 Å². The van der Waals surface area contributed by atoms with Gasteiger partial charge in [0.15, 0.2) is 6.10 Å². The molecule has 1 aromatic heterocycles. The molecule has 6 rings (SSSR count). The minimum absolute atomic E-state index is 0.342. The van der Waals surface area contributed by atoms with Crippen LogP contribution in [-0.4, -0.2) is 28.0 Å². The molecule has 0 aliphatic heterocycles. The van der Waals surface area contributed by atoms with Crippen LogP contribution in [0.2, 0.25) is 0 Å². The van der Waals surface area contributed by atoms with Gasteiger partial charge in [0.2, 0.25) is 0 Å². The molecule has 0 bridgehead atoms. The average Bonchev–Trinajstić information content (AvgIpc) is 3.52. The molecular formula is C37H31BrN4O3. The summed E-state index contributed by atoms with van der Waals surface area (Å²) in [6.45, 7) is 2.39. The van der Waals surface area contributed by atoms with Gasteiger partial charge in [-0.1, -0.05) is 85.8 Å². The Morgan fingerprint density at radius 1 is 0.911 bits per heavy atom. The van der Waals surface area contributed by atoms with E-state index in [9.17, 15) is 4.79 Å². The number of hydrogen-bond acceptors (Lipinski definition) is 5. The first kappa shape index (κ1) is 29.8. The van der Waals surface area contributed by atoms with Crippen molar-refractivity contribution in [2.45, 2.75) is 26.1 Å². The monoisotopic (exact) mass is 658 g/mol. The summed E-state index contributed by atoms with van der Waals surface area (Å²) in [5.41, 5.74) is 7.02. The van der Waals surface area contributed by atoms with Crippen molar-refractivity contribution in [3.8, 4) is 28.4 Å². The summed E-state index contributed by atoms with van der Waals surface area (Å²) in [5.74, 6) is 1.02. The Kier molecular flexibility index (Phi) is 9.32. The summed E-state index contributed by atoms with van der Waals surface area (Å²) in [7, 11) is 0. The van der Waals surface area contributed by atoms with Crippen LogP contribution in [0, 0.1) is 0 Å². The molecule has 45 heavy (non-hydrogen) atoms. The summed E-state index contributed by atoms with van der Waals surface area (Å²) >= 11 is 3.64. The third kappa shape index (κ3) is 7.13. The summed E-state index contributed by atoms with van der Waals surface area (Å²) < 4.78 is 14.7. The molecule has 0 radical (unpaired) electrons. The van der Waals surface area contributed by atoms with Gasteiger partial charge in [0.1, 0.15) is 23.8 Å². The summed E-state index contributed by atoms with van der Waals surface area (Å²) in [6, 6.07) is 39.5. The number of nitrogens with zero attached hydrogens (tertiary/aromatic N) is 3. The molecule has 1 amide bonds. The predicted molar refractivity (Wildman–Crippen MR) is 182 cm³/mol. The lowest BCUT2D eigenvalue weighted by Gasteiger charge is -2.17. The van der Waals surface area contributed by atoms with E-state index in [-0.39, 0.29) is 5.91 Å². The minimum Gasteiger partial charge on any atom is -0.489 e. The first-order valence-electron chi connectivity index (χ1n) is 14.7. The van der Waals surface area contributed by atoms with Crippen LogP contribution in [0.4, 0.5) is 0 Å². The molecule has 1 N–H and O–H groups in total. The zero-order chi connectivity index (χ0) is 31.0. The van der Waals surface area contributed by atoms with Crippen molar-refractivity contribution in [2.75, 3.05) is 0 Å². The van der Waals surface area contributed by atoms with E-state index >= 15 is 0 Å². The SMILES string of the molecule is CCC(Oc1ccc2ccccc2c1Br)C(=O)NN=Cc1cn(-c2ccccc2)nc1-c1ccc(OCc2ccccc2)cc1. The maximum Gasteiger partial charge on any atom is 0.281 e. The first-order chi connectivity index (χ1) is 22.1. The fourth-order valence-electron chi connectivity index (χ4n) is 4.89. The molecule has 0 spiro atoms. The lowest BCUT2D eigenvalue weighted by Crippen LogP contribution is -2.35. The van der Waals surface area contributed by atoms with E-state index in [0.29, 0.717) is 18.8 Å². The van der Waals surface area contributed by atoms with Crippen molar-refractivity contribution in [1.29, 1.82) is 0 Å². The van der Waals surface area contributed by atoms with Crippen LogP contribution in [0.5, 0.6) is 11.5 Å². The van der Waals surface area contributed by atoms with Gasteiger partial charge in [0.05, 0.1) is 16.4 Å². The molecule has 0 fully saturated rings. The quantitative estimate of drug-likeness (QED) is 0.112. The molecular weight excluding hydrogens is 628 g/mol. The van der Waals surface area contributed by atoms with Crippen LogP contribution in [0.25, 0.3) is 27.7 Å². The van der Waals surface area contributed by atoms with Crippen molar-refractivity contribution in [3.05, 3.63) is 143 Å². The van der Waals surface area contributed by atoms with Crippen molar-refractivity contribution < 1.29 is 14.3 Å². The van der Waals surface area contributed by atoms with Gasteiger partial charge in [0, 0.05) is 17.3 Å². The van der Waals surface area contributed by atoms with Gasteiger partial charge >= 0.3 is 0 Å². The Morgan fingerprint density at radius 2 is 1.62 bits per heavy atom. The van der Waals surface area contributed by atoms with Crippen molar-refractivity contribution in [3.63, 3.8) is 0 Å². The Morgan fingerprint density at radius 3 is 2.38 bits per heavy atom. The Hall–Kier alpha value is -5.21. The molecule has 1 atom stereocenters. The van der Waals surface area contributed by atoms with E-state index < -0.39 is 6.10 Å². The fourth-order valence-corrected chi connectivity index (χ4v) is 5.47. The van der Waals surface area contributed by atoms with Gasteiger partial charge in [-0.3, -0.25) is 4.79 Å². The van der Waals surface area contributed by atoms with Gasteiger partial charge in [-0.25, -0.2) is 10.1 Å². The number of carbonyl (C=O) groups is 1. The average molecular weight is 660 g/mol. The number of benzene rings is 5. The number of carbonyl (C=O) groups excluding carboxylic acids is 1. The van der Waals surface area contributed by atoms with Gasteiger partial charge in [0.25, 0.3) is 5.91 Å². The van der Waals surface area contributed by atoms with Gasteiger partial charge in [-0.2, -0.15) is 10.2 Å². The molecule has 7 nitrogen and oxygen atoms in total. The second kappa shape index (κ2) is 14.1. The molecule has 0 aliphatic carbocycles. The van der Waals surface area contributed by atoms with E-state index in [4.69, 9.17) is 14.6 Å². The lowest BCUT2D eigenvalue weighted by atomic mass is 10.1. The van der Waals surface area contributed by atoms with E-state index in [0.717, 1.165) is 49.1 Å². The number of para-hydroxylation sites is 1. The number of aromatic nitrogens is 2. The highest BCUT2D eigenvalue weighted by molar-refractivity contribution is 9.10. The second-order valence-electron chi connectivity index (χ2n) is 10.4. The number of halogens is 1. The normalized spacial score (nSPS) is 11.9. The zero-order valence-corrected chi connectivity index (χ0v) is 26.2.